The Morgan fingerprint density at radius 1 is 1.11 bits per heavy atom. The molecule has 0 unspecified atom stereocenters. The molecule has 5 aromatic rings. The SMILES string of the molecule is COc1ccc(C(=O)n2nc(-c3cccn(Cc4ccsc4)c3=O)cc2NCc2ccc(Cl)s2)c(OC)c1. The van der Waals surface area contributed by atoms with E-state index >= 15 is 0 Å². The highest BCUT2D eigenvalue weighted by Crippen LogP contribution is 2.28. The predicted molar refractivity (Wildman–Crippen MR) is 151 cm³/mol. The van der Waals surface area contributed by atoms with E-state index in [0.29, 0.717) is 51.6 Å². The summed E-state index contributed by atoms with van der Waals surface area (Å²) in [5.41, 5.74) is 1.90. The van der Waals surface area contributed by atoms with Crippen LogP contribution in [0.15, 0.2) is 76.3 Å². The maximum atomic E-state index is 13.7. The summed E-state index contributed by atoms with van der Waals surface area (Å²) in [6.45, 7) is 0.871. The van der Waals surface area contributed by atoms with E-state index < -0.39 is 5.91 Å². The molecule has 0 fully saturated rings. The molecule has 0 saturated heterocycles. The Balaban J connectivity index is 1.55. The maximum Gasteiger partial charge on any atom is 0.283 e. The van der Waals surface area contributed by atoms with Crippen molar-refractivity contribution in [3.63, 3.8) is 0 Å². The van der Waals surface area contributed by atoms with Crippen LogP contribution in [0.5, 0.6) is 11.5 Å². The fraction of sp³-hybridized carbons (Fsp3) is 0.148. The number of benzene rings is 1. The minimum Gasteiger partial charge on any atom is -0.497 e. The van der Waals surface area contributed by atoms with Crippen LogP contribution in [0.2, 0.25) is 4.34 Å². The van der Waals surface area contributed by atoms with Gasteiger partial charge in [0.05, 0.1) is 42.8 Å². The highest BCUT2D eigenvalue weighted by Gasteiger charge is 2.22. The first-order valence-electron chi connectivity index (χ1n) is 11.5. The first-order chi connectivity index (χ1) is 18.5. The van der Waals surface area contributed by atoms with E-state index in [9.17, 15) is 9.59 Å². The van der Waals surface area contributed by atoms with Crippen molar-refractivity contribution in [1.29, 1.82) is 0 Å². The third-order valence-electron chi connectivity index (χ3n) is 5.84. The predicted octanol–water partition coefficient (Wildman–Crippen LogP) is 5.85. The van der Waals surface area contributed by atoms with Gasteiger partial charge < -0.3 is 19.4 Å². The molecule has 1 aromatic carbocycles. The van der Waals surface area contributed by atoms with E-state index in [1.807, 2.05) is 29.0 Å². The number of ether oxygens (including phenoxy) is 2. The average Bonchev–Trinajstić information content (AvgIpc) is 3.69. The number of nitrogens with zero attached hydrogens (tertiary/aromatic N) is 3. The summed E-state index contributed by atoms with van der Waals surface area (Å²) in [4.78, 5) is 28.1. The second-order valence-electron chi connectivity index (χ2n) is 8.24. The average molecular weight is 567 g/mol. The number of carbonyl (C=O) groups is 1. The lowest BCUT2D eigenvalue weighted by Crippen LogP contribution is -2.21. The summed E-state index contributed by atoms with van der Waals surface area (Å²) in [5, 5.41) is 11.8. The number of hydrogen-bond donors (Lipinski definition) is 1. The normalized spacial score (nSPS) is 10.9. The van der Waals surface area contributed by atoms with Crippen LogP contribution in [0.3, 0.4) is 0 Å². The van der Waals surface area contributed by atoms with Gasteiger partial charge in [-0.3, -0.25) is 9.59 Å². The van der Waals surface area contributed by atoms with Gasteiger partial charge in [-0.25, -0.2) is 0 Å². The molecule has 194 valence electrons. The van der Waals surface area contributed by atoms with Crippen LogP contribution < -0.4 is 20.3 Å². The summed E-state index contributed by atoms with van der Waals surface area (Å²) in [7, 11) is 3.03. The monoisotopic (exact) mass is 566 g/mol. The molecule has 0 saturated carbocycles. The molecule has 1 N–H and O–H groups in total. The molecule has 5 rings (SSSR count). The quantitative estimate of drug-likeness (QED) is 0.241. The Kier molecular flexibility index (Phi) is 7.64. The maximum absolute atomic E-state index is 13.7. The lowest BCUT2D eigenvalue weighted by molar-refractivity contribution is 0.0944. The number of anilines is 1. The molecule has 8 nitrogen and oxygen atoms in total. The molecule has 0 aliphatic heterocycles. The zero-order chi connectivity index (χ0) is 26.6. The van der Waals surface area contributed by atoms with Crippen molar-refractivity contribution in [3.05, 3.63) is 102 Å². The Bertz CT molecular complexity index is 1640. The zero-order valence-corrected chi connectivity index (χ0v) is 22.9. The van der Waals surface area contributed by atoms with Crippen LogP contribution in [0.1, 0.15) is 20.8 Å². The van der Waals surface area contributed by atoms with E-state index in [-0.39, 0.29) is 5.56 Å². The molecule has 0 aliphatic carbocycles. The molecule has 38 heavy (non-hydrogen) atoms. The number of thiophene rings is 2. The minimum atomic E-state index is -0.419. The highest BCUT2D eigenvalue weighted by molar-refractivity contribution is 7.16. The van der Waals surface area contributed by atoms with Crippen LogP contribution in [0.25, 0.3) is 11.3 Å². The first-order valence-corrected chi connectivity index (χ1v) is 13.7. The van der Waals surface area contributed by atoms with Gasteiger partial charge >= 0.3 is 0 Å². The van der Waals surface area contributed by atoms with E-state index in [2.05, 4.69) is 10.4 Å². The number of pyridine rings is 1. The summed E-state index contributed by atoms with van der Waals surface area (Å²) in [5.74, 6) is 0.917. The standard InChI is InChI=1S/C27H23ClN4O4S2/c1-35-18-5-7-21(23(12-18)36-2)27(34)32-25(29-14-19-6-8-24(28)38-19)13-22(30-32)20-4-3-10-31(26(20)33)15-17-9-11-37-16-17/h3-13,16,29H,14-15H2,1-2H3. The van der Waals surface area contributed by atoms with Crippen molar-refractivity contribution < 1.29 is 14.3 Å². The number of carbonyl (C=O) groups excluding carboxylic acids is 1. The minimum absolute atomic E-state index is 0.200. The fourth-order valence-electron chi connectivity index (χ4n) is 3.94. The fourth-order valence-corrected chi connectivity index (χ4v) is 5.63. The third kappa shape index (κ3) is 5.38. The van der Waals surface area contributed by atoms with E-state index in [1.165, 1.54) is 23.1 Å². The molecule has 0 spiro atoms. The molecule has 0 radical (unpaired) electrons. The summed E-state index contributed by atoms with van der Waals surface area (Å²) in [6.07, 6.45) is 1.74. The van der Waals surface area contributed by atoms with Crippen molar-refractivity contribution in [3.8, 4) is 22.8 Å². The smallest absolute Gasteiger partial charge is 0.283 e. The molecular formula is C27H23ClN4O4S2. The lowest BCUT2D eigenvalue weighted by atomic mass is 10.1. The second kappa shape index (κ2) is 11.3. The van der Waals surface area contributed by atoms with E-state index in [1.54, 1.807) is 65.6 Å². The van der Waals surface area contributed by atoms with Crippen LogP contribution in [0, 0.1) is 0 Å². The van der Waals surface area contributed by atoms with Crippen molar-refractivity contribution in [2.75, 3.05) is 19.5 Å². The van der Waals surface area contributed by atoms with E-state index in [0.717, 1.165) is 10.4 Å². The van der Waals surface area contributed by atoms with Gasteiger partial charge in [-0.1, -0.05) is 11.6 Å². The number of rotatable bonds is 9. The van der Waals surface area contributed by atoms with Gasteiger partial charge in [0, 0.05) is 23.2 Å². The van der Waals surface area contributed by atoms with Gasteiger partial charge in [-0.15, -0.1) is 11.3 Å². The molecule has 0 amide bonds. The van der Waals surface area contributed by atoms with Crippen LogP contribution in [-0.2, 0) is 13.1 Å². The largest absolute Gasteiger partial charge is 0.497 e. The van der Waals surface area contributed by atoms with Crippen molar-refractivity contribution in [2.45, 2.75) is 13.1 Å². The number of nitrogens with one attached hydrogen (secondary N) is 1. The van der Waals surface area contributed by atoms with Crippen molar-refractivity contribution >= 4 is 46.0 Å². The summed E-state index contributed by atoms with van der Waals surface area (Å²) in [6, 6.07) is 15.9. The van der Waals surface area contributed by atoms with Crippen LogP contribution >= 0.6 is 34.3 Å². The third-order valence-corrected chi connectivity index (χ3v) is 7.81. The van der Waals surface area contributed by atoms with E-state index in [4.69, 9.17) is 21.1 Å². The highest BCUT2D eigenvalue weighted by atomic mass is 35.5. The molecule has 0 bridgehead atoms. The zero-order valence-electron chi connectivity index (χ0n) is 20.5. The second-order valence-corrected chi connectivity index (χ2v) is 10.8. The Morgan fingerprint density at radius 2 is 1.97 bits per heavy atom. The Labute approximate surface area is 231 Å². The van der Waals surface area contributed by atoms with Gasteiger partial charge in [-0.2, -0.15) is 21.1 Å². The topological polar surface area (TPSA) is 87.4 Å². The van der Waals surface area contributed by atoms with Crippen LogP contribution in [-0.4, -0.2) is 34.5 Å². The Morgan fingerprint density at radius 3 is 2.68 bits per heavy atom. The number of aromatic nitrogens is 3. The molecule has 11 heteroatoms. The summed E-state index contributed by atoms with van der Waals surface area (Å²) < 4.78 is 14.3. The number of methoxy groups -OCH3 is 2. The first kappa shape index (κ1) is 25.8. The van der Waals surface area contributed by atoms with Gasteiger partial charge in [-0.05, 0) is 58.8 Å². The van der Waals surface area contributed by atoms with Crippen molar-refractivity contribution in [2.24, 2.45) is 0 Å². The molecule has 4 aromatic heterocycles. The molecule has 0 aliphatic rings. The molecular weight excluding hydrogens is 544 g/mol. The van der Waals surface area contributed by atoms with Crippen molar-refractivity contribution in [1.82, 2.24) is 14.3 Å². The van der Waals surface area contributed by atoms with Gasteiger partial charge in [0.2, 0.25) is 0 Å². The van der Waals surface area contributed by atoms with Crippen LogP contribution in [0.4, 0.5) is 5.82 Å². The summed E-state index contributed by atoms with van der Waals surface area (Å²) >= 11 is 9.11. The number of hydrogen-bond acceptors (Lipinski definition) is 8. The van der Waals surface area contributed by atoms with Gasteiger partial charge in [0.25, 0.3) is 11.5 Å². The molecule has 0 atom stereocenters. The Hall–Kier alpha value is -3.86. The molecule has 4 heterocycles. The van der Waals surface area contributed by atoms with Gasteiger partial charge in [0.15, 0.2) is 0 Å². The lowest BCUT2D eigenvalue weighted by Gasteiger charge is -2.12. The van der Waals surface area contributed by atoms with Gasteiger partial charge in [0.1, 0.15) is 23.0 Å². The number of halogens is 1.